The molecule has 2 nitrogen and oxygen atoms in total. The third-order valence-corrected chi connectivity index (χ3v) is 3.22. The van der Waals surface area contributed by atoms with E-state index in [9.17, 15) is 22.4 Å². The fourth-order valence-corrected chi connectivity index (χ4v) is 2.08. The van der Waals surface area contributed by atoms with Crippen molar-refractivity contribution in [3.63, 3.8) is 0 Å². The Kier molecular flexibility index (Phi) is 3.04. The van der Waals surface area contributed by atoms with Gasteiger partial charge in [0.15, 0.2) is 17.8 Å². The summed E-state index contributed by atoms with van der Waals surface area (Å²) in [4.78, 5) is 11.3. The molecule has 0 saturated carbocycles. The zero-order valence-corrected chi connectivity index (χ0v) is 9.51. The molecule has 0 bridgehead atoms. The smallest absolute Gasteiger partial charge is 0.255 e. The number of alkyl halides is 2. The number of rotatable bonds is 1. The summed E-state index contributed by atoms with van der Waals surface area (Å²) in [5.74, 6) is -3.40. The lowest BCUT2D eigenvalue weighted by Crippen LogP contribution is -2.58. The van der Waals surface area contributed by atoms with E-state index >= 15 is 0 Å². The predicted molar refractivity (Wildman–Crippen MR) is 56.3 cm³/mol. The van der Waals surface area contributed by atoms with Crippen molar-refractivity contribution in [3.8, 4) is 0 Å². The standard InChI is InChI=1S/C12H11F4NO/c1-12(6-3-2-4-7(13)10(6)16)9(15)5-8(14)11(18)17-12/h2-4,8-9H,5H2,1H3,(H,17,18)/t8?,9-,12+/m0/s1. The monoisotopic (exact) mass is 261 g/mol. The van der Waals surface area contributed by atoms with E-state index in [4.69, 9.17) is 0 Å². The van der Waals surface area contributed by atoms with Gasteiger partial charge in [-0.05, 0) is 13.0 Å². The van der Waals surface area contributed by atoms with Crippen LogP contribution in [0, 0.1) is 11.6 Å². The number of hydrogen-bond acceptors (Lipinski definition) is 1. The first-order valence-electron chi connectivity index (χ1n) is 5.41. The van der Waals surface area contributed by atoms with Crippen LogP contribution in [-0.4, -0.2) is 18.3 Å². The molecule has 1 unspecified atom stereocenters. The molecule has 0 aliphatic carbocycles. The molecule has 1 saturated heterocycles. The van der Waals surface area contributed by atoms with Gasteiger partial charge in [0.1, 0.15) is 6.17 Å². The lowest BCUT2D eigenvalue weighted by molar-refractivity contribution is -0.134. The van der Waals surface area contributed by atoms with Gasteiger partial charge in [-0.25, -0.2) is 17.6 Å². The van der Waals surface area contributed by atoms with Gasteiger partial charge < -0.3 is 5.32 Å². The SMILES string of the molecule is C[C@]1(c2cccc(F)c2F)NC(=O)C(F)C[C@@H]1F. The highest BCUT2D eigenvalue weighted by molar-refractivity contribution is 5.82. The largest absolute Gasteiger partial charge is 0.341 e. The van der Waals surface area contributed by atoms with Crippen molar-refractivity contribution in [1.29, 1.82) is 0 Å². The lowest BCUT2D eigenvalue weighted by atomic mass is 9.81. The molecule has 1 amide bonds. The molecule has 1 aromatic carbocycles. The summed E-state index contributed by atoms with van der Waals surface area (Å²) in [5.41, 5.74) is -2.08. The Morgan fingerprint density at radius 1 is 1.33 bits per heavy atom. The third-order valence-electron chi connectivity index (χ3n) is 3.22. The zero-order chi connectivity index (χ0) is 13.5. The summed E-state index contributed by atoms with van der Waals surface area (Å²) in [6.45, 7) is 1.21. The third kappa shape index (κ3) is 1.85. The van der Waals surface area contributed by atoms with Crippen molar-refractivity contribution in [3.05, 3.63) is 35.4 Å². The topological polar surface area (TPSA) is 29.1 Å². The van der Waals surface area contributed by atoms with Crippen LogP contribution in [0.15, 0.2) is 18.2 Å². The number of piperidine rings is 1. The summed E-state index contributed by atoms with van der Waals surface area (Å²) in [6.07, 6.45) is -4.47. The van der Waals surface area contributed by atoms with Gasteiger partial charge in [-0.2, -0.15) is 0 Å². The van der Waals surface area contributed by atoms with Crippen LogP contribution in [0.1, 0.15) is 18.9 Å². The first kappa shape index (κ1) is 12.9. The first-order valence-corrected chi connectivity index (χ1v) is 5.41. The Morgan fingerprint density at radius 2 is 2.00 bits per heavy atom. The first-order chi connectivity index (χ1) is 8.36. The van der Waals surface area contributed by atoms with Crippen molar-refractivity contribution in [2.45, 2.75) is 31.2 Å². The van der Waals surface area contributed by atoms with Gasteiger partial charge in [0.2, 0.25) is 0 Å². The van der Waals surface area contributed by atoms with Gasteiger partial charge >= 0.3 is 0 Å². The highest BCUT2D eigenvalue weighted by Gasteiger charge is 2.47. The molecule has 1 aliphatic rings. The van der Waals surface area contributed by atoms with Crippen molar-refractivity contribution >= 4 is 5.91 Å². The minimum atomic E-state index is -1.97. The molecule has 0 radical (unpaired) electrons. The van der Waals surface area contributed by atoms with E-state index in [-0.39, 0.29) is 5.56 Å². The van der Waals surface area contributed by atoms with Crippen molar-refractivity contribution in [1.82, 2.24) is 5.32 Å². The van der Waals surface area contributed by atoms with Gasteiger partial charge in [0, 0.05) is 12.0 Å². The van der Waals surface area contributed by atoms with Crippen molar-refractivity contribution in [2.24, 2.45) is 0 Å². The molecule has 0 aromatic heterocycles. The minimum Gasteiger partial charge on any atom is -0.341 e. The van der Waals surface area contributed by atoms with Gasteiger partial charge in [0.25, 0.3) is 5.91 Å². The van der Waals surface area contributed by atoms with Gasteiger partial charge in [-0.15, -0.1) is 0 Å². The van der Waals surface area contributed by atoms with E-state index in [0.29, 0.717) is 0 Å². The van der Waals surface area contributed by atoms with E-state index in [0.717, 1.165) is 6.07 Å². The molecule has 6 heteroatoms. The van der Waals surface area contributed by atoms with Crippen molar-refractivity contribution < 1.29 is 22.4 Å². The average molecular weight is 261 g/mol. The number of carbonyl (C=O) groups is 1. The second-order valence-corrected chi connectivity index (χ2v) is 4.46. The van der Waals surface area contributed by atoms with Gasteiger partial charge in [-0.1, -0.05) is 12.1 Å². The molecule has 3 atom stereocenters. The van der Waals surface area contributed by atoms with Crippen LogP contribution in [0.5, 0.6) is 0 Å². The van der Waals surface area contributed by atoms with Crippen molar-refractivity contribution in [2.75, 3.05) is 0 Å². The summed E-state index contributed by atoms with van der Waals surface area (Å²) in [7, 11) is 0. The molecule has 1 fully saturated rings. The summed E-state index contributed by atoms with van der Waals surface area (Å²) >= 11 is 0. The number of benzene rings is 1. The van der Waals surface area contributed by atoms with Crippen LogP contribution in [0.4, 0.5) is 17.6 Å². The number of halogens is 4. The molecule has 98 valence electrons. The highest BCUT2D eigenvalue weighted by atomic mass is 19.2. The van der Waals surface area contributed by atoms with Crippen LogP contribution < -0.4 is 5.32 Å². The van der Waals surface area contributed by atoms with E-state index in [1.807, 2.05) is 0 Å². The Hall–Kier alpha value is -1.59. The Balaban J connectivity index is 2.47. The van der Waals surface area contributed by atoms with Crippen LogP contribution in [0.3, 0.4) is 0 Å². The van der Waals surface area contributed by atoms with E-state index in [1.54, 1.807) is 0 Å². The second-order valence-electron chi connectivity index (χ2n) is 4.46. The second kappa shape index (κ2) is 4.26. The van der Waals surface area contributed by atoms with Crippen LogP contribution in [0.25, 0.3) is 0 Å². The molecule has 0 spiro atoms. The normalized spacial score (nSPS) is 32.2. The summed E-state index contributed by atoms with van der Waals surface area (Å²) in [6, 6.07) is 3.27. The molecule has 2 rings (SSSR count). The number of carbonyl (C=O) groups excluding carboxylic acids is 1. The molecule has 1 N–H and O–H groups in total. The Bertz CT molecular complexity index is 493. The molecular weight excluding hydrogens is 250 g/mol. The quantitative estimate of drug-likeness (QED) is 0.773. The highest BCUT2D eigenvalue weighted by Crippen LogP contribution is 2.35. The number of hydrogen-bond donors (Lipinski definition) is 1. The van der Waals surface area contributed by atoms with Crippen LogP contribution in [-0.2, 0) is 10.3 Å². The maximum Gasteiger partial charge on any atom is 0.255 e. The molecular formula is C12H11F4NO. The minimum absolute atomic E-state index is 0.324. The van der Waals surface area contributed by atoms with E-state index in [2.05, 4.69) is 5.32 Å². The molecule has 1 heterocycles. The summed E-state index contributed by atoms with van der Waals surface area (Å²) in [5, 5.41) is 2.08. The molecule has 18 heavy (non-hydrogen) atoms. The zero-order valence-electron chi connectivity index (χ0n) is 9.51. The van der Waals surface area contributed by atoms with Crippen LogP contribution >= 0.6 is 0 Å². The fourth-order valence-electron chi connectivity index (χ4n) is 2.08. The fraction of sp³-hybridized carbons (Fsp3) is 0.417. The Labute approximate surface area is 101 Å². The summed E-state index contributed by atoms with van der Waals surface area (Å²) < 4.78 is 53.7. The Morgan fingerprint density at radius 3 is 2.67 bits per heavy atom. The van der Waals surface area contributed by atoms with E-state index < -0.39 is 41.8 Å². The predicted octanol–water partition coefficient (Wildman–Crippen LogP) is 2.38. The molecule has 1 aromatic rings. The maximum absolute atomic E-state index is 13.9. The van der Waals surface area contributed by atoms with E-state index in [1.165, 1.54) is 19.1 Å². The number of amides is 1. The number of nitrogens with one attached hydrogen (secondary N) is 1. The van der Waals surface area contributed by atoms with Gasteiger partial charge in [-0.3, -0.25) is 4.79 Å². The van der Waals surface area contributed by atoms with Crippen LogP contribution in [0.2, 0.25) is 0 Å². The molecule has 1 aliphatic heterocycles. The lowest BCUT2D eigenvalue weighted by Gasteiger charge is -2.39. The maximum atomic E-state index is 13.9. The average Bonchev–Trinajstić information content (AvgIpc) is 2.30. The van der Waals surface area contributed by atoms with Gasteiger partial charge in [0.05, 0.1) is 5.54 Å².